The lowest BCUT2D eigenvalue weighted by Crippen LogP contribution is -2.25. The third-order valence-corrected chi connectivity index (χ3v) is 1.96. The highest BCUT2D eigenvalue weighted by Gasteiger charge is 2.27. The molecule has 1 rings (SSSR count). The molecule has 0 saturated heterocycles. The van der Waals surface area contributed by atoms with Crippen LogP contribution in [0, 0.1) is 5.92 Å². The van der Waals surface area contributed by atoms with E-state index in [0.29, 0.717) is 18.8 Å². The topological polar surface area (TPSA) is 0 Å². The summed E-state index contributed by atoms with van der Waals surface area (Å²) in [5.74, 6) is 0.381. The van der Waals surface area contributed by atoms with Crippen molar-refractivity contribution < 1.29 is 8.78 Å². The molecule has 0 aromatic rings. The minimum Gasteiger partial charge on any atom is -0.244 e. The van der Waals surface area contributed by atoms with Gasteiger partial charge in [0.2, 0.25) is 0 Å². The largest absolute Gasteiger partial charge is 0.244 e. The summed E-state index contributed by atoms with van der Waals surface area (Å²) >= 11 is 0. The molecule has 3 unspecified atom stereocenters. The molecule has 62 valence electrons. The molecule has 0 aliphatic heterocycles. The van der Waals surface area contributed by atoms with Gasteiger partial charge < -0.3 is 0 Å². The molecule has 1 saturated carbocycles. The van der Waals surface area contributed by atoms with Crippen LogP contribution < -0.4 is 0 Å². The van der Waals surface area contributed by atoms with E-state index in [2.05, 4.69) is 0 Å². The molecule has 0 amide bonds. The van der Waals surface area contributed by atoms with Crippen LogP contribution in [0.2, 0.25) is 0 Å². The van der Waals surface area contributed by atoms with Crippen LogP contribution in [0.25, 0.3) is 0 Å². The molecule has 0 heterocycles. The first-order valence-corrected chi connectivity index (χ1v) is 3.48. The van der Waals surface area contributed by atoms with Crippen molar-refractivity contribution in [2.75, 3.05) is 0 Å². The smallest absolute Gasteiger partial charge is 0.131 e. The second-order valence-corrected chi connectivity index (χ2v) is 2.95. The van der Waals surface area contributed by atoms with Crippen LogP contribution in [0.1, 0.15) is 33.6 Å². The van der Waals surface area contributed by atoms with E-state index in [9.17, 15) is 8.78 Å². The van der Waals surface area contributed by atoms with Crippen molar-refractivity contribution in [3.8, 4) is 0 Å². The zero-order chi connectivity index (χ0) is 6.85. The van der Waals surface area contributed by atoms with Crippen LogP contribution in [-0.4, -0.2) is 12.3 Å². The van der Waals surface area contributed by atoms with Crippen LogP contribution in [0.15, 0.2) is 0 Å². The van der Waals surface area contributed by atoms with Gasteiger partial charge in [-0.05, 0) is 25.2 Å². The Morgan fingerprint density at radius 3 is 2.10 bits per heavy atom. The Morgan fingerprint density at radius 2 is 1.70 bits per heavy atom. The van der Waals surface area contributed by atoms with Crippen molar-refractivity contribution in [3.05, 3.63) is 0 Å². The van der Waals surface area contributed by atoms with Crippen LogP contribution in [0.5, 0.6) is 0 Å². The van der Waals surface area contributed by atoms with Gasteiger partial charge in [-0.1, -0.05) is 14.4 Å². The van der Waals surface area contributed by atoms with Crippen LogP contribution in [0.4, 0.5) is 8.78 Å². The predicted molar refractivity (Wildman–Crippen MR) is 39.5 cm³/mol. The highest BCUT2D eigenvalue weighted by molar-refractivity contribution is 4.77. The van der Waals surface area contributed by atoms with Crippen molar-refractivity contribution in [2.24, 2.45) is 5.92 Å². The summed E-state index contributed by atoms with van der Waals surface area (Å²) in [5.41, 5.74) is 0. The molecule has 10 heavy (non-hydrogen) atoms. The minimum absolute atomic E-state index is 0. The first-order valence-electron chi connectivity index (χ1n) is 3.48. The third kappa shape index (κ3) is 2.24. The van der Waals surface area contributed by atoms with E-state index in [1.165, 1.54) is 0 Å². The summed E-state index contributed by atoms with van der Waals surface area (Å²) in [6, 6.07) is 0. The third-order valence-electron chi connectivity index (χ3n) is 1.96. The summed E-state index contributed by atoms with van der Waals surface area (Å²) < 4.78 is 24.8. The maximum Gasteiger partial charge on any atom is 0.131 e. The van der Waals surface area contributed by atoms with Gasteiger partial charge in [0.15, 0.2) is 0 Å². The van der Waals surface area contributed by atoms with Crippen molar-refractivity contribution in [1.82, 2.24) is 0 Å². The fraction of sp³-hybridized carbons (Fsp3) is 1.00. The van der Waals surface area contributed by atoms with Crippen molar-refractivity contribution >= 4 is 0 Å². The molecule has 0 bridgehead atoms. The Labute approximate surface area is 61.6 Å². The molecule has 0 aromatic carbocycles. The molecule has 1 aliphatic carbocycles. The lowest BCUT2D eigenvalue weighted by molar-refractivity contribution is 0.0948. The van der Waals surface area contributed by atoms with Gasteiger partial charge in [0, 0.05) is 0 Å². The number of hydrogen-bond donors (Lipinski definition) is 0. The Hall–Kier alpha value is -0.140. The van der Waals surface area contributed by atoms with Gasteiger partial charge in [-0.2, -0.15) is 0 Å². The van der Waals surface area contributed by atoms with E-state index in [-0.39, 0.29) is 7.43 Å². The van der Waals surface area contributed by atoms with Crippen molar-refractivity contribution in [2.45, 2.75) is 46.0 Å². The van der Waals surface area contributed by atoms with Gasteiger partial charge in [-0.15, -0.1) is 0 Å². The predicted octanol–water partition coefficient (Wildman–Crippen LogP) is 3.12. The van der Waals surface area contributed by atoms with E-state index in [1.54, 1.807) is 0 Å². The van der Waals surface area contributed by atoms with Gasteiger partial charge in [0.1, 0.15) is 12.3 Å². The van der Waals surface area contributed by atoms with Crippen LogP contribution in [0.3, 0.4) is 0 Å². The Morgan fingerprint density at radius 1 is 1.10 bits per heavy atom. The second kappa shape index (κ2) is 3.89. The first-order chi connectivity index (χ1) is 4.20. The molecule has 3 atom stereocenters. The van der Waals surface area contributed by atoms with Gasteiger partial charge in [-0.25, -0.2) is 8.78 Å². The lowest BCUT2D eigenvalue weighted by Gasteiger charge is -2.23. The van der Waals surface area contributed by atoms with Crippen molar-refractivity contribution in [3.63, 3.8) is 0 Å². The van der Waals surface area contributed by atoms with Gasteiger partial charge in [0.25, 0.3) is 0 Å². The van der Waals surface area contributed by atoms with Gasteiger partial charge in [0.05, 0.1) is 0 Å². The Bertz CT molecular complexity index is 93.3. The van der Waals surface area contributed by atoms with Crippen LogP contribution in [-0.2, 0) is 0 Å². The van der Waals surface area contributed by atoms with E-state index >= 15 is 0 Å². The Kier molecular flexibility index (Phi) is 3.84. The molecular weight excluding hydrogens is 134 g/mol. The monoisotopic (exact) mass is 150 g/mol. The number of hydrogen-bond acceptors (Lipinski definition) is 0. The minimum atomic E-state index is -1.19. The van der Waals surface area contributed by atoms with E-state index in [1.807, 2.05) is 6.92 Å². The highest BCUT2D eigenvalue weighted by atomic mass is 19.2. The van der Waals surface area contributed by atoms with E-state index < -0.39 is 12.3 Å². The normalized spacial score (nSPS) is 40.5. The van der Waals surface area contributed by atoms with Crippen molar-refractivity contribution in [1.29, 1.82) is 0 Å². The molecule has 0 nitrogen and oxygen atoms in total. The molecule has 0 aromatic heterocycles. The van der Waals surface area contributed by atoms with E-state index in [4.69, 9.17) is 0 Å². The molecule has 1 aliphatic rings. The summed E-state index contributed by atoms with van der Waals surface area (Å²) in [5, 5.41) is 0. The quantitative estimate of drug-likeness (QED) is 0.497. The highest BCUT2D eigenvalue weighted by Crippen LogP contribution is 2.27. The summed E-state index contributed by atoms with van der Waals surface area (Å²) in [7, 11) is 0. The average molecular weight is 150 g/mol. The lowest BCUT2D eigenvalue weighted by atomic mass is 9.88. The Balaban J connectivity index is 0.000000810. The maximum atomic E-state index is 12.5. The molecule has 1 fully saturated rings. The fourth-order valence-electron chi connectivity index (χ4n) is 1.27. The standard InChI is InChI=1S/C7H12F2.CH4/c1-5-2-3-6(8)7(9)4-5;/h5-7H,2-4H2,1H3;1H4. The molecule has 0 N–H and O–H groups in total. The van der Waals surface area contributed by atoms with Gasteiger partial charge >= 0.3 is 0 Å². The summed E-state index contributed by atoms with van der Waals surface area (Å²) in [6.45, 7) is 1.97. The zero-order valence-electron chi connectivity index (χ0n) is 5.61. The van der Waals surface area contributed by atoms with Crippen LogP contribution >= 0.6 is 0 Å². The average Bonchev–Trinajstić information content (AvgIpc) is 1.80. The number of alkyl halides is 2. The fourth-order valence-corrected chi connectivity index (χ4v) is 1.27. The molecule has 0 radical (unpaired) electrons. The maximum absolute atomic E-state index is 12.5. The zero-order valence-corrected chi connectivity index (χ0v) is 5.61. The molecule has 0 spiro atoms. The number of halogens is 2. The first kappa shape index (κ1) is 9.86. The van der Waals surface area contributed by atoms with Gasteiger partial charge in [-0.3, -0.25) is 0 Å². The van der Waals surface area contributed by atoms with E-state index in [0.717, 1.165) is 6.42 Å². The summed E-state index contributed by atoms with van der Waals surface area (Å²) in [4.78, 5) is 0. The molecule has 2 heteroatoms. The summed E-state index contributed by atoms with van der Waals surface area (Å²) in [6.07, 6.45) is -0.680. The number of rotatable bonds is 0. The molecular formula is C8H16F2. The SMILES string of the molecule is C.CC1CCC(F)C(F)C1. The second-order valence-electron chi connectivity index (χ2n) is 2.95.